The molecule has 0 amide bonds. The first-order valence-electron chi connectivity index (χ1n) is 7.35. The van der Waals surface area contributed by atoms with Crippen LogP contribution in [-0.2, 0) is 6.54 Å². The van der Waals surface area contributed by atoms with Crippen molar-refractivity contribution in [3.63, 3.8) is 0 Å². The van der Waals surface area contributed by atoms with E-state index in [1.807, 2.05) is 12.1 Å². The van der Waals surface area contributed by atoms with Gasteiger partial charge in [-0.2, -0.15) is 0 Å². The fourth-order valence-electron chi connectivity index (χ4n) is 2.97. The van der Waals surface area contributed by atoms with Crippen LogP contribution in [0.15, 0.2) is 49.0 Å². The third-order valence-corrected chi connectivity index (χ3v) is 4.13. The van der Waals surface area contributed by atoms with Gasteiger partial charge in [0.05, 0.1) is 12.2 Å². The van der Waals surface area contributed by atoms with Crippen molar-refractivity contribution in [1.82, 2.24) is 15.0 Å². The summed E-state index contributed by atoms with van der Waals surface area (Å²) in [7, 11) is 0. The highest BCUT2D eigenvalue weighted by Crippen LogP contribution is 2.28. The monoisotopic (exact) mass is 289 g/mol. The molecular formula is C18H15N3O. The van der Waals surface area contributed by atoms with Crippen molar-refractivity contribution in [3.8, 4) is 0 Å². The van der Waals surface area contributed by atoms with Crippen LogP contribution in [0.1, 0.15) is 34.6 Å². The zero-order valence-electron chi connectivity index (χ0n) is 12.1. The number of ketones is 1. The Morgan fingerprint density at radius 3 is 2.77 bits per heavy atom. The highest BCUT2D eigenvalue weighted by atomic mass is 16.1. The maximum atomic E-state index is 11.9. The average Bonchev–Trinajstić information content (AvgIpc) is 2.96. The minimum absolute atomic E-state index is 0.0622. The van der Waals surface area contributed by atoms with Gasteiger partial charge in [-0.1, -0.05) is 48.2 Å². The number of benzene rings is 2. The van der Waals surface area contributed by atoms with Crippen LogP contribution in [0.2, 0.25) is 0 Å². The second-order valence-electron chi connectivity index (χ2n) is 5.65. The molecule has 0 spiro atoms. The molecule has 4 nitrogen and oxygen atoms in total. The summed E-state index contributed by atoms with van der Waals surface area (Å²) < 4.78 is 1.79. The Kier molecular flexibility index (Phi) is 2.89. The Morgan fingerprint density at radius 1 is 1.09 bits per heavy atom. The molecule has 22 heavy (non-hydrogen) atoms. The third-order valence-electron chi connectivity index (χ3n) is 4.13. The van der Waals surface area contributed by atoms with Crippen molar-refractivity contribution < 1.29 is 4.79 Å². The van der Waals surface area contributed by atoms with E-state index >= 15 is 0 Å². The maximum Gasteiger partial charge on any atom is 0.185 e. The quantitative estimate of drug-likeness (QED) is 0.725. The van der Waals surface area contributed by atoms with Gasteiger partial charge in [0.15, 0.2) is 11.5 Å². The van der Waals surface area contributed by atoms with Gasteiger partial charge in [-0.05, 0) is 34.4 Å². The molecule has 1 aliphatic rings. The van der Waals surface area contributed by atoms with Gasteiger partial charge >= 0.3 is 0 Å². The van der Waals surface area contributed by atoms with Crippen molar-refractivity contribution in [2.45, 2.75) is 19.4 Å². The predicted molar refractivity (Wildman–Crippen MR) is 85.7 cm³/mol. The lowest BCUT2D eigenvalue weighted by Crippen LogP contribution is -2.13. The lowest BCUT2D eigenvalue weighted by atomic mass is 9.95. The van der Waals surface area contributed by atoms with Crippen molar-refractivity contribution in [1.29, 1.82) is 0 Å². The second kappa shape index (κ2) is 4.91. The van der Waals surface area contributed by atoms with Crippen LogP contribution in [0, 0.1) is 0 Å². The van der Waals surface area contributed by atoms with Gasteiger partial charge in [-0.25, -0.2) is 4.68 Å². The van der Waals surface area contributed by atoms with Crippen LogP contribution in [0.5, 0.6) is 0 Å². The summed E-state index contributed by atoms with van der Waals surface area (Å²) in [6.07, 6.45) is 1.18. The minimum atomic E-state index is 0.0622. The Morgan fingerprint density at radius 2 is 1.91 bits per heavy atom. The van der Waals surface area contributed by atoms with Crippen molar-refractivity contribution >= 4 is 22.1 Å². The van der Waals surface area contributed by atoms with E-state index in [4.69, 9.17) is 0 Å². The van der Waals surface area contributed by atoms with Gasteiger partial charge in [-0.15, -0.1) is 5.10 Å². The van der Waals surface area contributed by atoms with Gasteiger partial charge in [-0.3, -0.25) is 4.79 Å². The number of carbonyl (C=O) groups excluding carboxylic acids is 1. The molecule has 0 bridgehead atoms. The molecule has 0 N–H and O–H groups in total. The maximum absolute atomic E-state index is 11.9. The molecule has 0 saturated heterocycles. The molecule has 1 heterocycles. The van der Waals surface area contributed by atoms with Crippen LogP contribution in [0.25, 0.3) is 16.3 Å². The molecule has 1 aromatic heterocycles. The number of allylic oxidation sites excluding steroid dienone is 1. The summed E-state index contributed by atoms with van der Waals surface area (Å²) in [5.74, 6) is 0.0622. The summed E-state index contributed by atoms with van der Waals surface area (Å²) >= 11 is 0. The molecule has 0 aliphatic heterocycles. The largest absolute Gasteiger partial charge is 0.292 e. The Labute approximate surface area is 128 Å². The van der Waals surface area contributed by atoms with Crippen LogP contribution in [-0.4, -0.2) is 20.8 Å². The topological polar surface area (TPSA) is 47.8 Å². The molecule has 1 aliphatic carbocycles. The Hall–Kier alpha value is -2.75. The van der Waals surface area contributed by atoms with Crippen LogP contribution >= 0.6 is 0 Å². The van der Waals surface area contributed by atoms with E-state index in [-0.39, 0.29) is 5.78 Å². The number of rotatable bonds is 2. The lowest BCUT2D eigenvalue weighted by Gasteiger charge is -2.14. The Balaban J connectivity index is 1.74. The summed E-state index contributed by atoms with van der Waals surface area (Å²) in [4.78, 5) is 11.9. The molecule has 2 aromatic carbocycles. The summed E-state index contributed by atoms with van der Waals surface area (Å²) in [6.45, 7) is 4.66. The fraction of sp³-hybridized carbons (Fsp3) is 0.167. The van der Waals surface area contributed by atoms with E-state index in [9.17, 15) is 4.79 Å². The first kappa shape index (κ1) is 13.0. The van der Waals surface area contributed by atoms with Gasteiger partial charge in [0.1, 0.15) is 0 Å². The highest BCUT2D eigenvalue weighted by molar-refractivity contribution is 6.01. The zero-order valence-corrected chi connectivity index (χ0v) is 12.1. The smallest absolute Gasteiger partial charge is 0.185 e. The normalized spacial score (nSPS) is 14.4. The zero-order chi connectivity index (χ0) is 15.1. The molecule has 0 atom stereocenters. The molecule has 0 fully saturated rings. The molecule has 108 valence electrons. The number of aromatic nitrogens is 3. The van der Waals surface area contributed by atoms with Crippen molar-refractivity contribution in [2.24, 2.45) is 0 Å². The summed E-state index contributed by atoms with van der Waals surface area (Å²) in [6, 6.07) is 14.6. The standard InChI is InChI=1S/C18H15N3O/c1-12-6-9-16(22)17-18(12)21(20-19-17)11-13-7-8-14-4-2-3-5-15(14)10-13/h2-5,7-8,10H,1,6,9,11H2. The van der Waals surface area contributed by atoms with E-state index in [1.165, 1.54) is 10.8 Å². The summed E-state index contributed by atoms with van der Waals surface area (Å²) in [5, 5.41) is 10.6. The molecule has 0 saturated carbocycles. The molecular weight excluding hydrogens is 274 g/mol. The molecule has 4 heteroatoms. The number of Topliss-reactive ketones (excluding diaryl/α,β-unsaturated/α-hetero) is 1. The Bertz CT molecular complexity index is 908. The highest BCUT2D eigenvalue weighted by Gasteiger charge is 2.26. The molecule has 3 aromatic rings. The van der Waals surface area contributed by atoms with Crippen molar-refractivity contribution in [2.75, 3.05) is 0 Å². The van der Waals surface area contributed by atoms with E-state index in [0.717, 1.165) is 16.8 Å². The van der Waals surface area contributed by atoms with Crippen LogP contribution in [0.3, 0.4) is 0 Å². The second-order valence-corrected chi connectivity index (χ2v) is 5.65. The first-order valence-corrected chi connectivity index (χ1v) is 7.35. The lowest BCUT2D eigenvalue weighted by molar-refractivity contribution is 0.0975. The van der Waals surface area contributed by atoms with E-state index < -0.39 is 0 Å². The van der Waals surface area contributed by atoms with Crippen LogP contribution < -0.4 is 0 Å². The minimum Gasteiger partial charge on any atom is -0.292 e. The molecule has 0 unspecified atom stereocenters. The fourth-order valence-corrected chi connectivity index (χ4v) is 2.97. The third kappa shape index (κ3) is 2.04. The number of nitrogens with zero attached hydrogens (tertiary/aromatic N) is 3. The number of hydrogen-bond donors (Lipinski definition) is 0. The number of fused-ring (bicyclic) bond motifs is 2. The van der Waals surface area contributed by atoms with E-state index in [0.29, 0.717) is 25.1 Å². The van der Waals surface area contributed by atoms with E-state index in [1.54, 1.807) is 4.68 Å². The number of hydrogen-bond acceptors (Lipinski definition) is 3. The van der Waals surface area contributed by atoms with Crippen LogP contribution in [0.4, 0.5) is 0 Å². The van der Waals surface area contributed by atoms with Gasteiger partial charge in [0.2, 0.25) is 0 Å². The molecule has 0 radical (unpaired) electrons. The first-order chi connectivity index (χ1) is 10.7. The van der Waals surface area contributed by atoms with Gasteiger partial charge in [0.25, 0.3) is 0 Å². The molecule has 4 rings (SSSR count). The van der Waals surface area contributed by atoms with Crippen molar-refractivity contribution in [3.05, 3.63) is 66.0 Å². The van der Waals surface area contributed by atoms with Gasteiger partial charge in [0, 0.05) is 6.42 Å². The van der Waals surface area contributed by atoms with E-state index in [2.05, 4.69) is 47.2 Å². The predicted octanol–water partition coefficient (Wildman–Crippen LogP) is 3.47. The average molecular weight is 289 g/mol. The SMILES string of the molecule is C=C1CCC(=O)c2nnn(Cc3ccc4ccccc4c3)c21. The summed E-state index contributed by atoms with van der Waals surface area (Å²) in [5.41, 5.74) is 3.35. The van der Waals surface area contributed by atoms with Gasteiger partial charge < -0.3 is 0 Å². The number of carbonyl (C=O) groups is 1.